The van der Waals surface area contributed by atoms with E-state index in [0.717, 1.165) is 10.9 Å². The van der Waals surface area contributed by atoms with Gasteiger partial charge >= 0.3 is 11.9 Å². The van der Waals surface area contributed by atoms with Gasteiger partial charge in [-0.2, -0.15) is 0 Å². The molecular weight excluding hydrogens is 246 g/mol. The van der Waals surface area contributed by atoms with Gasteiger partial charge in [-0.05, 0) is 25.5 Å². The van der Waals surface area contributed by atoms with Crippen molar-refractivity contribution in [1.82, 2.24) is 4.57 Å². The van der Waals surface area contributed by atoms with Gasteiger partial charge in [-0.3, -0.25) is 4.79 Å². The fourth-order valence-electron chi connectivity index (χ4n) is 2.25. The molecule has 19 heavy (non-hydrogen) atoms. The molecule has 0 saturated heterocycles. The van der Waals surface area contributed by atoms with Crippen molar-refractivity contribution in [2.45, 2.75) is 20.4 Å². The SMILES string of the molecule is CCOC(=O)Cn1c(C(=O)O)c(C)c2ccccc21. The molecule has 5 heteroatoms. The molecule has 0 fully saturated rings. The number of aromatic nitrogens is 1. The molecule has 0 atom stereocenters. The number of carboxylic acid groups (broad SMARTS) is 1. The molecule has 0 bridgehead atoms. The Hall–Kier alpha value is -2.30. The number of carboxylic acids is 1. The molecule has 0 aliphatic carbocycles. The number of hydrogen-bond acceptors (Lipinski definition) is 3. The number of ether oxygens (including phenoxy) is 1. The van der Waals surface area contributed by atoms with Gasteiger partial charge in [0.15, 0.2) is 0 Å². The van der Waals surface area contributed by atoms with Crippen molar-refractivity contribution in [3.63, 3.8) is 0 Å². The molecule has 100 valence electrons. The first kappa shape index (κ1) is 13.1. The maximum absolute atomic E-state index is 11.6. The third-order valence-electron chi connectivity index (χ3n) is 3.02. The lowest BCUT2D eigenvalue weighted by molar-refractivity contribution is -0.143. The van der Waals surface area contributed by atoms with Crippen molar-refractivity contribution >= 4 is 22.8 Å². The Kier molecular flexibility index (Phi) is 3.55. The van der Waals surface area contributed by atoms with E-state index in [4.69, 9.17) is 4.74 Å². The van der Waals surface area contributed by atoms with Crippen LogP contribution in [0.4, 0.5) is 0 Å². The molecule has 2 rings (SSSR count). The first-order valence-corrected chi connectivity index (χ1v) is 6.03. The second-order valence-corrected chi connectivity index (χ2v) is 4.19. The summed E-state index contributed by atoms with van der Waals surface area (Å²) in [5.74, 6) is -1.48. The van der Waals surface area contributed by atoms with Crippen LogP contribution in [0.5, 0.6) is 0 Å². The summed E-state index contributed by atoms with van der Waals surface area (Å²) in [5.41, 5.74) is 1.52. The third kappa shape index (κ3) is 2.31. The van der Waals surface area contributed by atoms with E-state index >= 15 is 0 Å². The Morgan fingerprint density at radius 3 is 2.63 bits per heavy atom. The second kappa shape index (κ2) is 5.14. The Morgan fingerprint density at radius 1 is 1.32 bits per heavy atom. The summed E-state index contributed by atoms with van der Waals surface area (Å²) in [6.07, 6.45) is 0. The molecule has 0 aliphatic rings. The van der Waals surface area contributed by atoms with Gasteiger partial charge < -0.3 is 14.4 Å². The number of benzene rings is 1. The first-order chi connectivity index (χ1) is 9.06. The largest absolute Gasteiger partial charge is 0.477 e. The van der Waals surface area contributed by atoms with Gasteiger partial charge in [0.05, 0.1) is 6.61 Å². The monoisotopic (exact) mass is 261 g/mol. The van der Waals surface area contributed by atoms with Crippen LogP contribution >= 0.6 is 0 Å². The molecule has 1 N–H and O–H groups in total. The van der Waals surface area contributed by atoms with Crippen molar-refractivity contribution in [2.75, 3.05) is 6.61 Å². The van der Waals surface area contributed by atoms with E-state index in [9.17, 15) is 14.7 Å². The number of rotatable bonds is 4. The lowest BCUT2D eigenvalue weighted by atomic mass is 10.1. The lowest BCUT2D eigenvalue weighted by Crippen LogP contribution is -2.17. The van der Waals surface area contributed by atoms with E-state index in [1.54, 1.807) is 19.9 Å². The molecule has 0 spiro atoms. The summed E-state index contributed by atoms with van der Waals surface area (Å²) in [6, 6.07) is 7.30. The van der Waals surface area contributed by atoms with Crippen molar-refractivity contribution in [3.05, 3.63) is 35.5 Å². The van der Waals surface area contributed by atoms with E-state index in [2.05, 4.69) is 0 Å². The average Bonchev–Trinajstić information content (AvgIpc) is 2.64. The number of aromatic carboxylic acids is 1. The number of carbonyl (C=O) groups excluding carboxylic acids is 1. The van der Waals surface area contributed by atoms with Crippen LogP contribution in [-0.2, 0) is 16.1 Å². The topological polar surface area (TPSA) is 68.5 Å². The highest BCUT2D eigenvalue weighted by Gasteiger charge is 2.21. The van der Waals surface area contributed by atoms with Crippen LogP contribution in [0, 0.1) is 6.92 Å². The van der Waals surface area contributed by atoms with Crippen molar-refractivity contribution in [3.8, 4) is 0 Å². The number of fused-ring (bicyclic) bond motifs is 1. The van der Waals surface area contributed by atoms with E-state index in [1.165, 1.54) is 4.57 Å². The number of hydrogen-bond donors (Lipinski definition) is 1. The van der Waals surface area contributed by atoms with E-state index in [1.807, 2.05) is 18.2 Å². The summed E-state index contributed by atoms with van der Waals surface area (Å²) in [6.45, 7) is 3.64. The number of nitrogens with zero attached hydrogens (tertiary/aromatic N) is 1. The molecule has 5 nitrogen and oxygen atoms in total. The first-order valence-electron chi connectivity index (χ1n) is 6.03. The third-order valence-corrected chi connectivity index (χ3v) is 3.02. The summed E-state index contributed by atoms with van der Waals surface area (Å²) >= 11 is 0. The van der Waals surface area contributed by atoms with Crippen LogP contribution in [0.15, 0.2) is 24.3 Å². The lowest BCUT2D eigenvalue weighted by Gasteiger charge is -2.07. The molecule has 2 aromatic rings. The van der Waals surface area contributed by atoms with E-state index < -0.39 is 11.9 Å². The zero-order valence-corrected chi connectivity index (χ0v) is 10.8. The summed E-state index contributed by atoms with van der Waals surface area (Å²) in [5, 5.41) is 10.2. The highest BCUT2D eigenvalue weighted by Crippen LogP contribution is 2.25. The molecule has 0 amide bonds. The Morgan fingerprint density at radius 2 is 2.00 bits per heavy atom. The van der Waals surface area contributed by atoms with Crippen molar-refractivity contribution in [1.29, 1.82) is 0 Å². The predicted octanol–water partition coefficient (Wildman–Crippen LogP) is 2.21. The molecule has 0 radical (unpaired) electrons. The van der Waals surface area contributed by atoms with Crippen LogP contribution in [0.2, 0.25) is 0 Å². The minimum atomic E-state index is -1.04. The van der Waals surface area contributed by atoms with Gasteiger partial charge in [0.1, 0.15) is 12.2 Å². The highest BCUT2D eigenvalue weighted by atomic mass is 16.5. The number of para-hydroxylation sites is 1. The van der Waals surface area contributed by atoms with Crippen LogP contribution in [0.3, 0.4) is 0 Å². The zero-order valence-electron chi connectivity index (χ0n) is 10.8. The molecule has 1 aromatic carbocycles. The normalized spacial score (nSPS) is 10.6. The Labute approximate surface area is 110 Å². The number of esters is 1. The van der Waals surface area contributed by atoms with E-state index in [0.29, 0.717) is 5.56 Å². The molecule has 0 unspecified atom stereocenters. The zero-order chi connectivity index (χ0) is 14.0. The van der Waals surface area contributed by atoms with Crippen LogP contribution < -0.4 is 0 Å². The van der Waals surface area contributed by atoms with Crippen molar-refractivity contribution < 1.29 is 19.4 Å². The minimum Gasteiger partial charge on any atom is -0.477 e. The molecule has 0 aliphatic heterocycles. The van der Waals surface area contributed by atoms with Gasteiger partial charge in [0.25, 0.3) is 0 Å². The van der Waals surface area contributed by atoms with Crippen LogP contribution in [0.1, 0.15) is 23.0 Å². The number of carbonyl (C=O) groups is 2. The van der Waals surface area contributed by atoms with Gasteiger partial charge in [-0.25, -0.2) is 4.79 Å². The van der Waals surface area contributed by atoms with Crippen LogP contribution in [-0.4, -0.2) is 28.2 Å². The molecular formula is C14H15NO4. The quantitative estimate of drug-likeness (QED) is 0.857. The summed E-state index contributed by atoms with van der Waals surface area (Å²) in [4.78, 5) is 23.0. The molecule has 1 heterocycles. The Bertz CT molecular complexity index is 642. The second-order valence-electron chi connectivity index (χ2n) is 4.19. The average molecular weight is 261 g/mol. The van der Waals surface area contributed by atoms with Gasteiger partial charge in [0.2, 0.25) is 0 Å². The highest BCUT2D eigenvalue weighted by molar-refractivity contribution is 5.98. The van der Waals surface area contributed by atoms with Gasteiger partial charge in [-0.15, -0.1) is 0 Å². The van der Waals surface area contributed by atoms with E-state index in [-0.39, 0.29) is 18.8 Å². The molecule has 1 aromatic heterocycles. The summed E-state index contributed by atoms with van der Waals surface area (Å²) < 4.78 is 6.38. The fraction of sp³-hybridized carbons (Fsp3) is 0.286. The smallest absolute Gasteiger partial charge is 0.352 e. The van der Waals surface area contributed by atoms with Crippen LogP contribution in [0.25, 0.3) is 10.9 Å². The maximum Gasteiger partial charge on any atom is 0.352 e. The fourth-order valence-corrected chi connectivity index (χ4v) is 2.25. The Balaban J connectivity index is 2.59. The minimum absolute atomic E-state index is 0.0934. The van der Waals surface area contributed by atoms with Gasteiger partial charge in [0, 0.05) is 10.9 Å². The maximum atomic E-state index is 11.6. The van der Waals surface area contributed by atoms with Crippen molar-refractivity contribution in [2.24, 2.45) is 0 Å². The molecule has 0 saturated carbocycles. The standard InChI is InChI=1S/C14H15NO4/c1-3-19-12(16)8-15-11-7-5-4-6-10(11)9(2)13(15)14(17)18/h4-7H,3,8H2,1-2H3,(H,17,18). The predicted molar refractivity (Wildman–Crippen MR) is 70.3 cm³/mol. The van der Waals surface area contributed by atoms with Gasteiger partial charge in [-0.1, -0.05) is 18.2 Å². The number of aryl methyl sites for hydroxylation is 1. The summed E-state index contributed by atoms with van der Waals surface area (Å²) in [7, 11) is 0.